The van der Waals surface area contributed by atoms with Crippen LogP contribution in [0.4, 0.5) is 0 Å². The summed E-state index contributed by atoms with van der Waals surface area (Å²) in [7, 11) is 1.50. The zero-order valence-electron chi connectivity index (χ0n) is 8.93. The van der Waals surface area contributed by atoms with E-state index in [1.54, 1.807) is 0 Å². The first kappa shape index (κ1) is 11.9. The van der Waals surface area contributed by atoms with Crippen LogP contribution >= 0.6 is 0 Å². The molecule has 1 aliphatic carbocycles. The molecule has 0 radical (unpaired) electrons. The second-order valence-electron chi connectivity index (χ2n) is 4.55. The Morgan fingerprint density at radius 2 is 1.75 bits per heavy atom. The van der Waals surface area contributed by atoms with Gasteiger partial charge in [0.15, 0.2) is 0 Å². The maximum atomic E-state index is 5.95. The van der Waals surface area contributed by atoms with Crippen molar-refractivity contribution in [3.05, 3.63) is 0 Å². The molecular formula is C10H24N2. The lowest BCUT2D eigenvalue weighted by atomic mass is 9.71. The number of hydrogen-bond donors (Lipinski definition) is 2. The first-order chi connectivity index (χ1) is 5.51. The minimum Gasteiger partial charge on any atom is -0.333 e. The van der Waals surface area contributed by atoms with Gasteiger partial charge in [-0.15, -0.1) is 0 Å². The highest BCUT2D eigenvalue weighted by molar-refractivity contribution is 4.84. The lowest BCUT2D eigenvalue weighted by molar-refractivity contribution is 0.174. The Hall–Kier alpha value is -0.0800. The van der Waals surface area contributed by atoms with Gasteiger partial charge in [0.1, 0.15) is 0 Å². The smallest absolute Gasteiger partial charge is 0.00696 e. The molecule has 0 aromatic carbocycles. The Kier molecular flexibility index (Phi) is 4.80. The van der Waals surface area contributed by atoms with Crippen LogP contribution in [0.3, 0.4) is 0 Å². The molecule has 0 spiro atoms. The third-order valence-electron chi connectivity index (χ3n) is 2.80. The molecule has 74 valence electrons. The molecule has 1 rings (SSSR count). The van der Waals surface area contributed by atoms with E-state index >= 15 is 0 Å². The molecule has 0 heterocycles. The van der Waals surface area contributed by atoms with Crippen LogP contribution in [-0.4, -0.2) is 13.1 Å². The van der Waals surface area contributed by atoms with Gasteiger partial charge in [-0.1, -0.05) is 20.8 Å². The highest BCUT2D eigenvalue weighted by Gasteiger charge is 2.29. The average molecular weight is 172 g/mol. The molecule has 12 heavy (non-hydrogen) atoms. The molecule has 0 saturated heterocycles. The number of hydrogen-bond acceptors (Lipinski definition) is 2. The molecule has 0 bridgehead atoms. The van der Waals surface area contributed by atoms with Crippen LogP contribution in [0.25, 0.3) is 0 Å². The average Bonchev–Trinajstić information content (AvgIpc) is 2.01. The fraction of sp³-hybridized carbons (Fsp3) is 1.00. The molecule has 0 aromatic rings. The van der Waals surface area contributed by atoms with Crippen LogP contribution < -0.4 is 11.5 Å². The summed E-state index contributed by atoms with van der Waals surface area (Å²) in [6, 6.07) is 0.448. The van der Waals surface area contributed by atoms with Crippen LogP contribution in [0.5, 0.6) is 0 Å². The molecular weight excluding hydrogens is 148 g/mol. The van der Waals surface area contributed by atoms with Crippen LogP contribution in [0.1, 0.15) is 40.0 Å². The lowest BCUT2D eigenvalue weighted by Crippen LogP contribution is -2.38. The van der Waals surface area contributed by atoms with Crippen LogP contribution in [0.15, 0.2) is 0 Å². The first-order valence-electron chi connectivity index (χ1n) is 4.84. The predicted octanol–water partition coefficient (Wildman–Crippen LogP) is 1.73. The zero-order chi connectivity index (χ0) is 9.78. The van der Waals surface area contributed by atoms with Crippen molar-refractivity contribution in [2.45, 2.75) is 46.1 Å². The summed E-state index contributed by atoms with van der Waals surface area (Å²) in [5.74, 6) is 0.744. The van der Waals surface area contributed by atoms with Crippen molar-refractivity contribution in [2.75, 3.05) is 7.05 Å². The predicted molar refractivity (Wildman–Crippen MR) is 54.9 cm³/mol. The monoisotopic (exact) mass is 172 g/mol. The van der Waals surface area contributed by atoms with Crippen LogP contribution in [0, 0.1) is 11.3 Å². The van der Waals surface area contributed by atoms with Gasteiger partial charge in [-0.2, -0.15) is 0 Å². The van der Waals surface area contributed by atoms with Gasteiger partial charge in [-0.3, -0.25) is 0 Å². The molecule has 4 N–H and O–H groups in total. The Bertz CT molecular complexity index is 121. The Morgan fingerprint density at radius 3 is 2.08 bits per heavy atom. The van der Waals surface area contributed by atoms with Gasteiger partial charge >= 0.3 is 0 Å². The third kappa shape index (κ3) is 3.55. The minimum absolute atomic E-state index is 0.448. The van der Waals surface area contributed by atoms with E-state index in [1.807, 2.05) is 0 Å². The summed E-state index contributed by atoms with van der Waals surface area (Å²) in [6.45, 7) is 6.90. The number of nitrogens with two attached hydrogens (primary N) is 2. The molecule has 2 unspecified atom stereocenters. The van der Waals surface area contributed by atoms with E-state index in [2.05, 4.69) is 26.5 Å². The standard InChI is InChI=1S/C9H19N.CH5N/c1-7-4-5-9(2,3)6-8(7)10;1-2/h7-8H,4-6,10H2,1-3H3;2H2,1H3. The van der Waals surface area contributed by atoms with E-state index in [4.69, 9.17) is 5.73 Å². The van der Waals surface area contributed by atoms with E-state index in [-0.39, 0.29) is 0 Å². The van der Waals surface area contributed by atoms with Gasteiger partial charge in [-0.05, 0) is 37.6 Å². The van der Waals surface area contributed by atoms with Gasteiger partial charge in [-0.25, -0.2) is 0 Å². The summed E-state index contributed by atoms with van der Waals surface area (Å²) in [5.41, 5.74) is 11.0. The fourth-order valence-electron chi connectivity index (χ4n) is 1.77. The molecule has 0 amide bonds. The largest absolute Gasteiger partial charge is 0.333 e. The molecule has 2 heteroatoms. The zero-order valence-corrected chi connectivity index (χ0v) is 8.93. The summed E-state index contributed by atoms with van der Waals surface area (Å²) in [6.07, 6.45) is 3.87. The Labute approximate surface area is 76.7 Å². The fourth-order valence-corrected chi connectivity index (χ4v) is 1.77. The molecule has 0 aromatic heterocycles. The third-order valence-corrected chi connectivity index (χ3v) is 2.80. The lowest BCUT2D eigenvalue weighted by Gasteiger charge is -2.37. The van der Waals surface area contributed by atoms with Crippen molar-refractivity contribution in [1.29, 1.82) is 0 Å². The van der Waals surface area contributed by atoms with Crippen molar-refractivity contribution in [3.63, 3.8) is 0 Å². The first-order valence-corrected chi connectivity index (χ1v) is 4.84. The number of rotatable bonds is 0. The minimum atomic E-state index is 0.448. The van der Waals surface area contributed by atoms with Crippen molar-refractivity contribution in [3.8, 4) is 0 Å². The van der Waals surface area contributed by atoms with Gasteiger partial charge in [0.05, 0.1) is 0 Å². The molecule has 0 aliphatic heterocycles. The Morgan fingerprint density at radius 1 is 1.25 bits per heavy atom. The normalized spacial score (nSPS) is 33.5. The van der Waals surface area contributed by atoms with E-state index in [1.165, 1.54) is 26.3 Å². The second-order valence-corrected chi connectivity index (χ2v) is 4.55. The maximum absolute atomic E-state index is 5.95. The molecule has 1 saturated carbocycles. The Balaban J connectivity index is 0.000000561. The van der Waals surface area contributed by atoms with E-state index in [0.29, 0.717) is 11.5 Å². The topological polar surface area (TPSA) is 52.0 Å². The molecule has 2 nitrogen and oxygen atoms in total. The van der Waals surface area contributed by atoms with Crippen LogP contribution in [-0.2, 0) is 0 Å². The van der Waals surface area contributed by atoms with Crippen molar-refractivity contribution >= 4 is 0 Å². The van der Waals surface area contributed by atoms with Crippen LogP contribution in [0.2, 0.25) is 0 Å². The maximum Gasteiger partial charge on any atom is 0.00696 e. The summed E-state index contributed by atoms with van der Waals surface area (Å²) < 4.78 is 0. The highest BCUT2D eigenvalue weighted by atomic mass is 14.7. The van der Waals surface area contributed by atoms with E-state index in [9.17, 15) is 0 Å². The summed E-state index contributed by atoms with van der Waals surface area (Å²) in [5, 5.41) is 0. The quantitative estimate of drug-likeness (QED) is 0.584. The van der Waals surface area contributed by atoms with E-state index in [0.717, 1.165) is 5.92 Å². The highest BCUT2D eigenvalue weighted by Crippen LogP contribution is 2.36. The van der Waals surface area contributed by atoms with Crippen molar-refractivity contribution in [1.82, 2.24) is 0 Å². The van der Waals surface area contributed by atoms with Crippen molar-refractivity contribution in [2.24, 2.45) is 22.8 Å². The van der Waals surface area contributed by atoms with Gasteiger partial charge in [0, 0.05) is 6.04 Å². The summed E-state index contributed by atoms with van der Waals surface area (Å²) >= 11 is 0. The van der Waals surface area contributed by atoms with Gasteiger partial charge in [0.25, 0.3) is 0 Å². The summed E-state index contributed by atoms with van der Waals surface area (Å²) in [4.78, 5) is 0. The second kappa shape index (κ2) is 4.83. The molecule has 2 atom stereocenters. The van der Waals surface area contributed by atoms with Gasteiger partial charge < -0.3 is 11.5 Å². The van der Waals surface area contributed by atoms with E-state index < -0.39 is 0 Å². The SMILES string of the molecule is CC1CCC(C)(C)CC1N.CN. The van der Waals surface area contributed by atoms with Gasteiger partial charge in [0.2, 0.25) is 0 Å². The molecule has 1 fully saturated rings. The molecule has 1 aliphatic rings. The van der Waals surface area contributed by atoms with Crippen molar-refractivity contribution < 1.29 is 0 Å².